The van der Waals surface area contributed by atoms with Crippen molar-refractivity contribution in [1.82, 2.24) is 15.1 Å². The molecule has 158 valence electrons. The van der Waals surface area contributed by atoms with E-state index >= 15 is 0 Å². The van der Waals surface area contributed by atoms with Gasteiger partial charge in [-0.2, -0.15) is 0 Å². The first-order chi connectivity index (χ1) is 14.6. The Labute approximate surface area is 178 Å². The van der Waals surface area contributed by atoms with Crippen molar-refractivity contribution >= 4 is 6.03 Å². The molecule has 0 aliphatic carbocycles. The van der Waals surface area contributed by atoms with Crippen molar-refractivity contribution < 1.29 is 9.90 Å². The smallest absolute Gasteiger partial charge is 0.318 e. The summed E-state index contributed by atoms with van der Waals surface area (Å²) in [6.07, 6.45) is 4.44. The highest BCUT2D eigenvalue weighted by atomic mass is 16.3. The van der Waals surface area contributed by atoms with Crippen molar-refractivity contribution in [3.63, 3.8) is 0 Å². The van der Waals surface area contributed by atoms with Gasteiger partial charge in [-0.15, -0.1) is 0 Å². The van der Waals surface area contributed by atoms with Gasteiger partial charge in [-0.1, -0.05) is 36.4 Å². The number of piperidine rings is 2. The predicted molar refractivity (Wildman–Crippen MR) is 117 cm³/mol. The molecule has 2 fully saturated rings. The van der Waals surface area contributed by atoms with E-state index < -0.39 is 0 Å². The number of hydrogen-bond acceptors (Lipinski definition) is 3. The summed E-state index contributed by atoms with van der Waals surface area (Å²) in [4.78, 5) is 18.0. The number of aromatic hydroxyl groups is 1. The van der Waals surface area contributed by atoms with Crippen LogP contribution >= 0.6 is 0 Å². The molecule has 5 nitrogen and oxygen atoms in total. The molecule has 3 heterocycles. The maximum absolute atomic E-state index is 13.3. The number of hydrogen-bond donors (Lipinski definition) is 2. The number of rotatable bonds is 2. The minimum atomic E-state index is -0.138. The van der Waals surface area contributed by atoms with Crippen molar-refractivity contribution in [1.29, 1.82) is 0 Å². The Hall–Kier alpha value is -2.53. The van der Waals surface area contributed by atoms with Gasteiger partial charge in [0.05, 0.1) is 6.04 Å². The fourth-order valence-corrected chi connectivity index (χ4v) is 5.79. The molecule has 5 heteroatoms. The maximum Gasteiger partial charge on any atom is 0.318 e. The van der Waals surface area contributed by atoms with Crippen LogP contribution in [0.4, 0.5) is 4.79 Å². The van der Waals surface area contributed by atoms with Gasteiger partial charge in [-0.3, -0.25) is 4.90 Å². The second-order valence-corrected chi connectivity index (χ2v) is 9.12. The van der Waals surface area contributed by atoms with Crippen LogP contribution in [0.25, 0.3) is 0 Å². The van der Waals surface area contributed by atoms with E-state index in [0.29, 0.717) is 18.0 Å². The number of nitrogens with one attached hydrogen (secondary N) is 1. The van der Waals surface area contributed by atoms with E-state index in [9.17, 15) is 9.90 Å². The summed E-state index contributed by atoms with van der Waals surface area (Å²) in [5.74, 6) is 0.789. The number of phenolic OH excluding ortho intramolecular Hbond substituents is 1. The zero-order valence-electron chi connectivity index (χ0n) is 17.6. The van der Waals surface area contributed by atoms with Gasteiger partial charge < -0.3 is 15.3 Å². The average Bonchev–Trinajstić information content (AvgIpc) is 2.77. The van der Waals surface area contributed by atoms with Gasteiger partial charge in [-0.05, 0) is 67.3 Å². The van der Waals surface area contributed by atoms with Gasteiger partial charge in [0.2, 0.25) is 0 Å². The number of amides is 2. The van der Waals surface area contributed by atoms with Crippen LogP contribution in [-0.2, 0) is 6.42 Å². The third-order valence-electron chi connectivity index (χ3n) is 7.35. The van der Waals surface area contributed by atoms with E-state index in [2.05, 4.69) is 39.4 Å². The molecule has 4 atom stereocenters. The Bertz CT molecular complexity index is 930. The highest BCUT2D eigenvalue weighted by Crippen LogP contribution is 2.42. The Balaban J connectivity index is 1.33. The maximum atomic E-state index is 13.3. The van der Waals surface area contributed by atoms with E-state index in [-0.39, 0.29) is 17.8 Å². The Morgan fingerprint density at radius 3 is 2.90 bits per heavy atom. The summed E-state index contributed by atoms with van der Waals surface area (Å²) in [6.45, 7) is 5.03. The summed E-state index contributed by atoms with van der Waals surface area (Å²) in [6, 6.07) is 16.6. The Morgan fingerprint density at radius 1 is 1.17 bits per heavy atom. The molecule has 0 saturated carbocycles. The van der Waals surface area contributed by atoms with Gasteiger partial charge in [0, 0.05) is 31.7 Å². The van der Waals surface area contributed by atoms with Crippen molar-refractivity contribution in [3.8, 4) is 5.75 Å². The first-order valence-electron chi connectivity index (χ1n) is 11.3. The van der Waals surface area contributed by atoms with Crippen molar-refractivity contribution in [2.45, 2.75) is 50.7 Å². The van der Waals surface area contributed by atoms with Crippen LogP contribution < -0.4 is 5.32 Å². The zero-order valence-corrected chi connectivity index (χ0v) is 17.6. The van der Waals surface area contributed by atoms with Crippen LogP contribution in [-0.4, -0.2) is 46.6 Å². The molecule has 3 aliphatic heterocycles. The molecule has 2 saturated heterocycles. The molecule has 30 heavy (non-hydrogen) atoms. The molecular weight excluding hydrogens is 374 g/mol. The second-order valence-electron chi connectivity index (χ2n) is 9.12. The average molecular weight is 406 g/mol. The first-order valence-corrected chi connectivity index (χ1v) is 11.3. The Morgan fingerprint density at radius 2 is 2.03 bits per heavy atom. The molecule has 0 unspecified atom stereocenters. The SMILES string of the molecule is C[C@@H](NC(=O)N1CCC[C@@H]2CN3CCc4ccccc4[C@H]3C[C@@H]21)c1cccc(O)c1. The van der Waals surface area contributed by atoms with Crippen LogP contribution in [0, 0.1) is 5.92 Å². The van der Waals surface area contributed by atoms with Gasteiger partial charge in [-0.25, -0.2) is 4.79 Å². The lowest BCUT2D eigenvalue weighted by Gasteiger charge is -2.52. The number of likely N-dealkylation sites (tertiary alicyclic amines) is 1. The number of benzene rings is 2. The molecule has 3 aliphatic rings. The third kappa shape index (κ3) is 3.56. The normalized spacial score (nSPS) is 26.8. The van der Waals surface area contributed by atoms with Gasteiger partial charge in [0.15, 0.2) is 0 Å². The number of carbonyl (C=O) groups is 1. The summed E-state index contributed by atoms with van der Waals surface area (Å²) >= 11 is 0. The van der Waals surface area contributed by atoms with E-state index in [4.69, 9.17) is 0 Å². The molecule has 0 aromatic heterocycles. The van der Waals surface area contributed by atoms with Crippen LogP contribution in [0.15, 0.2) is 48.5 Å². The van der Waals surface area contributed by atoms with E-state index in [1.165, 1.54) is 17.5 Å². The van der Waals surface area contributed by atoms with Crippen molar-refractivity contribution in [2.24, 2.45) is 5.92 Å². The number of urea groups is 1. The van der Waals surface area contributed by atoms with Crippen LogP contribution in [0.2, 0.25) is 0 Å². The Kier molecular flexibility index (Phi) is 5.15. The predicted octanol–water partition coefficient (Wildman–Crippen LogP) is 4.25. The van der Waals surface area contributed by atoms with Gasteiger partial charge >= 0.3 is 6.03 Å². The molecule has 2 aromatic carbocycles. The molecule has 2 N–H and O–H groups in total. The number of fused-ring (bicyclic) bond motifs is 4. The summed E-state index contributed by atoms with van der Waals surface area (Å²) in [5.41, 5.74) is 3.86. The summed E-state index contributed by atoms with van der Waals surface area (Å²) in [7, 11) is 0. The molecule has 5 rings (SSSR count). The van der Waals surface area contributed by atoms with Gasteiger partial charge in [0.25, 0.3) is 0 Å². The van der Waals surface area contributed by atoms with E-state index in [1.807, 2.05) is 19.1 Å². The fraction of sp³-hybridized carbons (Fsp3) is 0.480. The van der Waals surface area contributed by atoms with E-state index in [1.54, 1.807) is 12.1 Å². The quantitative estimate of drug-likeness (QED) is 0.786. The standard InChI is InChI=1S/C25H31N3O2/c1-17(19-7-4-9-21(29)14-19)26-25(30)28-12-5-8-20-16-27-13-11-18-6-2-3-10-22(18)24(27)15-23(20)28/h2-4,6-7,9-10,14,17,20,23-24,29H,5,8,11-13,15-16H2,1H3,(H,26,30)/t17-,20-,23+,24-/m1/s1. The van der Waals surface area contributed by atoms with Gasteiger partial charge in [0.1, 0.15) is 5.75 Å². The minimum absolute atomic E-state index is 0.0260. The molecule has 0 radical (unpaired) electrons. The lowest BCUT2D eigenvalue weighted by atomic mass is 9.77. The first kappa shape index (κ1) is 19.4. The van der Waals surface area contributed by atoms with E-state index in [0.717, 1.165) is 44.5 Å². The number of nitrogens with zero attached hydrogens (tertiary/aromatic N) is 2. The van der Waals surface area contributed by atoms with Crippen molar-refractivity contribution in [3.05, 3.63) is 65.2 Å². The molecule has 0 bridgehead atoms. The summed E-state index contributed by atoms with van der Waals surface area (Å²) < 4.78 is 0. The zero-order chi connectivity index (χ0) is 20.7. The fourth-order valence-electron chi connectivity index (χ4n) is 5.79. The highest BCUT2D eigenvalue weighted by Gasteiger charge is 2.44. The second kappa shape index (κ2) is 7.95. The molecule has 2 aromatic rings. The molecule has 0 spiro atoms. The number of phenols is 1. The number of carbonyl (C=O) groups excluding carboxylic acids is 1. The van der Waals surface area contributed by atoms with Crippen LogP contribution in [0.5, 0.6) is 5.75 Å². The highest BCUT2D eigenvalue weighted by molar-refractivity contribution is 5.75. The lowest BCUT2D eigenvalue weighted by Crippen LogP contribution is -2.59. The summed E-state index contributed by atoms with van der Waals surface area (Å²) in [5, 5.41) is 12.9. The third-order valence-corrected chi connectivity index (χ3v) is 7.35. The monoisotopic (exact) mass is 405 g/mol. The largest absolute Gasteiger partial charge is 0.508 e. The van der Waals surface area contributed by atoms with Crippen LogP contribution in [0.3, 0.4) is 0 Å². The van der Waals surface area contributed by atoms with Crippen molar-refractivity contribution in [2.75, 3.05) is 19.6 Å². The van der Waals surface area contributed by atoms with Crippen LogP contribution in [0.1, 0.15) is 55.0 Å². The minimum Gasteiger partial charge on any atom is -0.508 e. The topological polar surface area (TPSA) is 55.8 Å². The molecule has 2 amide bonds. The lowest BCUT2D eigenvalue weighted by molar-refractivity contribution is 0.00533. The molecular formula is C25H31N3O2.